The highest BCUT2D eigenvalue weighted by Gasteiger charge is 2.47. The number of alkyl halides is 5. The molecule has 0 saturated heterocycles. The largest absolute Gasteiger partial charge is 0.434 e. The lowest BCUT2D eigenvalue weighted by atomic mass is 9.86. The molecule has 0 saturated carbocycles. The molecule has 0 spiro atoms. The second kappa shape index (κ2) is 7.61. The van der Waals surface area contributed by atoms with Crippen LogP contribution in [0.5, 0.6) is 5.75 Å². The number of ether oxygens (including phenoxy) is 1. The molecule has 0 unspecified atom stereocenters. The summed E-state index contributed by atoms with van der Waals surface area (Å²) in [4.78, 5) is 4.01. The predicted molar refractivity (Wildman–Crippen MR) is 91.0 cm³/mol. The Morgan fingerprint density at radius 2 is 1.89 bits per heavy atom. The Kier molecular flexibility index (Phi) is 6.03. The van der Waals surface area contributed by atoms with Crippen molar-refractivity contribution >= 4 is 11.6 Å². The van der Waals surface area contributed by atoms with Crippen LogP contribution in [0.4, 0.5) is 22.0 Å². The van der Waals surface area contributed by atoms with Gasteiger partial charge in [-0.15, -0.1) is 0 Å². The smallest absolute Gasteiger partial charge is 0.394 e. The Morgan fingerprint density at radius 1 is 1.26 bits per heavy atom. The van der Waals surface area contributed by atoms with Crippen LogP contribution in [0.15, 0.2) is 12.3 Å². The molecule has 2 aromatic heterocycles. The molecule has 2 aromatic rings. The number of nitrogens with zero attached hydrogens (tertiary/aromatic N) is 3. The van der Waals surface area contributed by atoms with E-state index >= 15 is 0 Å². The molecule has 2 heterocycles. The van der Waals surface area contributed by atoms with Crippen LogP contribution in [-0.2, 0) is 19.9 Å². The van der Waals surface area contributed by atoms with Crippen molar-refractivity contribution in [3.05, 3.63) is 28.7 Å². The van der Waals surface area contributed by atoms with Gasteiger partial charge in [0, 0.05) is 31.4 Å². The maximum Gasteiger partial charge on any atom is 0.394 e. The fraction of sp³-hybridized carbons (Fsp3) is 0.529. The van der Waals surface area contributed by atoms with E-state index in [-0.39, 0.29) is 22.0 Å². The topological polar surface area (TPSA) is 39.9 Å². The zero-order chi connectivity index (χ0) is 20.6. The van der Waals surface area contributed by atoms with Gasteiger partial charge < -0.3 is 4.74 Å². The van der Waals surface area contributed by atoms with Gasteiger partial charge in [-0.2, -0.15) is 27.1 Å². The summed E-state index contributed by atoms with van der Waals surface area (Å²) in [6.45, 7) is 0.700. The van der Waals surface area contributed by atoms with E-state index in [1.54, 1.807) is 7.05 Å². The van der Waals surface area contributed by atoms with Crippen molar-refractivity contribution < 1.29 is 26.7 Å². The molecule has 4 nitrogen and oxygen atoms in total. The highest BCUT2D eigenvalue weighted by atomic mass is 35.5. The van der Waals surface area contributed by atoms with E-state index in [9.17, 15) is 22.0 Å². The standard InChI is InChI=1S/C17H19ClF5N3O/c1-5-11-13(18)14(26(4)25-11)10-8-24-9(6-12(10)27-15(19)20)7-16(2,3)17(21,22)23/h6,8,15H,5,7H2,1-4H3. The Labute approximate surface area is 158 Å². The number of hydrogen-bond acceptors (Lipinski definition) is 3. The Morgan fingerprint density at radius 3 is 2.37 bits per heavy atom. The lowest BCUT2D eigenvalue weighted by molar-refractivity contribution is -0.211. The van der Waals surface area contributed by atoms with Gasteiger partial charge >= 0.3 is 12.8 Å². The molecule has 0 fully saturated rings. The van der Waals surface area contributed by atoms with Crippen LogP contribution in [0.3, 0.4) is 0 Å². The van der Waals surface area contributed by atoms with E-state index in [0.29, 0.717) is 17.8 Å². The van der Waals surface area contributed by atoms with Crippen molar-refractivity contribution in [3.8, 4) is 17.0 Å². The van der Waals surface area contributed by atoms with Gasteiger partial charge in [-0.3, -0.25) is 9.67 Å². The molecule has 0 aliphatic heterocycles. The quantitative estimate of drug-likeness (QED) is 0.595. The first kappa shape index (κ1) is 21.4. The van der Waals surface area contributed by atoms with E-state index in [0.717, 1.165) is 19.9 Å². The second-order valence-electron chi connectivity index (χ2n) is 6.70. The minimum absolute atomic E-state index is 0.0225. The molecular weight excluding hydrogens is 393 g/mol. The molecule has 0 amide bonds. The number of aromatic nitrogens is 3. The van der Waals surface area contributed by atoms with Crippen LogP contribution in [-0.4, -0.2) is 27.6 Å². The molecule has 0 radical (unpaired) electrons. The van der Waals surface area contributed by atoms with E-state index in [4.69, 9.17) is 11.6 Å². The van der Waals surface area contributed by atoms with Gasteiger partial charge in [-0.1, -0.05) is 32.4 Å². The van der Waals surface area contributed by atoms with Gasteiger partial charge in [-0.05, 0) is 6.42 Å². The molecule has 0 aromatic carbocycles. The molecular formula is C17H19ClF5N3O. The molecule has 0 N–H and O–H groups in total. The van der Waals surface area contributed by atoms with Crippen LogP contribution >= 0.6 is 11.6 Å². The number of rotatable bonds is 6. The van der Waals surface area contributed by atoms with E-state index in [1.807, 2.05) is 6.92 Å². The predicted octanol–water partition coefficient (Wildman–Crippen LogP) is 5.43. The highest BCUT2D eigenvalue weighted by molar-refractivity contribution is 6.33. The van der Waals surface area contributed by atoms with Gasteiger partial charge in [0.15, 0.2) is 0 Å². The van der Waals surface area contributed by atoms with E-state index in [2.05, 4.69) is 14.8 Å². The third-order valence-electron chi connectivity index (χ3n) is 4.17. The molecule has 0 bridgehead atoms. The SMILES string of the molecule is CCc1nn(C)c(-c2cnc(CC(C)(C)C(F)(F)F)cc2OC(F)F)c1Cl. The van der Waals surface area contributed by atoms with Crippen molar-refractivity contribution in [3.63, 3.8) is 0 Å². The van der Waals surface area contributed by atoms with Gasteiger partial charge in [0.05, 0.1) is 27.4 Å². The maximum absolute atomic E-state index is 13.1. The summed E-state index contributed by atoms with van der Waals surface area (Å²) in [7, 11) is 1.58. The molecule has 0 aliphatic rings. The summed E-state index contributed by atoms with van der Waals surface area (Å²) in [6.07, 6.45) is -3.26. The van der Waals surface area contributed by atoms with Crippen LogP contribution in [0, 0.1) is 5.41 Å². The third-order valence-corrected chi connectivity index (χ3v) is 4.57. The number of halogens is 6. The van der Waals surface area contributed by atoms with Gasteiger partial charge in [0.1, 0.15) is 5.75 Å². The summed E-state index contributed by atoms with van der Waals surface area (Å²) in [5.74, 6) is -0.305. The molecule has 0 aliphatic carbocycles. The fourth-order valence-electron chi connectivity index (χ4n) is 2.57. The zero-order valence-electron chi connectivity index (χ0n) is 15.2. The van der Waals surface area contributed by atoms with E-state index in [1.165, 1.54) is 10.9 Å². The average molecular weight is 412 g/mol. The van der Waals surface area contributed by atoms with Crippen molar-refractivity contribution in [2.45, 2.75) is 46.4 Å². The first-order valence-electron chi connectivity index (χ1n) is 8.09. The number of aryl methyl sites for hydroxylation is 2. The van der Waals surface area contributed by atoms with Gasteiger partial charge in [0.25, 0.3) is 0 Å². The third kappa shape index (κ3) is 4.51. The Bertz CT molecular complexity index is 818. The maximum atomic E-state index is 13.1. The van der Waals surface area contributed by atoms with Gasteiger partial charge in [0.2, 0.25) is 0 Å². The summed E-state index contributed by atoms with van der Waals surface area (Å²) < 4.78 is 71.0. The number of hydrogen-bond donors (Lipinski definition) is 0. The summed E-state index contributed by atoms with van der Waals surface area (Å²) in [6, 6.07) is 1.09. The molecule has 0 atom stereocenters. The van der Waals surface area contributed by atoms with Crippen LogP contribution < -0.4 is 4.74 Å². The highest BCUT2D eigenvalue weighted by Crippen LogP contribution is 2.42. The molecule has 2 rings (SSSR count). The van der Waals surface area contributed by atoms with Crippen molar-refractivity contribution in [2.24, 2.45) is 12.5 Å². The van der Waals surface area contributed by atoms with Crippen LogP contribution in [0.1, 0.15) is 32.2 Å². The van der Waals surface area contributed by atoms with Gasteiger partial charge in [-0.25, -0.2) is 0 Å². The van der Waals surface area contributed by atoms with Crippen LogP contribution in [0.25, 0.3) is 11.3 Å². The minimum atomic E-state index is -4.47. The first-order chi connectivity index (χ1) is 12.4. The first-order valence-corrected chi connectivity index (χ1v) is 8.47. The van der Waals surface area contributed by atoms with E-state index < -0.39 is 24.6 Å². The lowest BCUT2D eigenvalue weighted by Crippen LogP contribution is -2.34. The lowest BCUT2D eigenvalue weighted by Gasteiger charge is -2.27. The second-order valence-corrected chi connectivity index (χ2v) is 7.07. The molecule has 10 heteroatoms. The van der Waals surface area contributed by atoms with Crippen molar-refractivity contribution in [1.29, 1.82) is 0 Å². The Hall–Kier alpha value is -1.90. The van der Waals surface area contributed by atoms with Crippen LogP contribution in [0.2, 0.25) is 5.02 Å². The fourth-order valence-corrected chi connectivity index (χ4v) is 2.97. The molecule has 27 heavy (non-hydrogen) atoms. The molecule has 150 valence electrons. The monoisotopic (exact) mass is 411 g/mol. The Balaban J connectivity index is 2.53. The summed E-state index contributed by atoms with van der Waals surface area (Å²) >= 11 is 6.28. The number of pyridine rings is 1. The average Bonchev–Trinajstić information content (AvgIpc) is 2.80. The normalized spacial score (nSPS) is 12.7. The summed E-state index contributed by atoms with van der Waals surface area (Å²) in [5, 5.41) is 4.46. The minimum Gasteiger partial charge on any atom is -0.434 e. The van der Waals surface area contributed by atoms with Crippen molar-refractivity contribution in [1.82, 2.24) is 14.8 Å². The van der Waals surface area contributed by atoms with Crippen molar-refractivity contribution in [2.75, 3.05) is 0 Å². The summed E-state index contributed by atoms with van der Waals surface area (Å²) in [5.41, 5.74) is -1.12. The zero-order valence-corrected chi connectivity index (χ0v) is 15.9.